The second kappa shape index (κ2) is 9.51. The molecule has 1 aromatic heterocycles. The maximum absolute atomic E-state index is 14.0. The number of aromatic nitrogens is 2. The van der Waals surface area contributed by atoms with Crippen LogP contribution in [0, 0.1) is 5.82 Å². The number of benzene rings is 2. The van der Waals surface area contributed by atoms with Crippen LogP contribution in [0.4, 0.5) is 21.8 Å². The largest absolute Gasteiger partial charge is 0.496 e. The number of carbonyl (C=O) groups excluding carboxylic acids is 1. The number of para-hydroxylation sites is 2. The van der Waals surface area contributed by atoms with E-state index >= 15 is 0 Å². The molecule has 1 amide bonds. The lowest BCUT2D eigenvalue weighted by Crippen LogP contribution is -2.47. The molecule has 4 rings (SSSR count). The van der Waals surface area contributed by atoms with Gasteiger partial charge in [0.2, 0.25) is 5.95 Å². The highest BCUT2D eigenvalue weighted by molar-refractivity contribution is 5.98. The SMILES string of the molecule is COc1ccccc1CNC(=O)c1cnc(N2CCN(c3ccccc3F)CC2)nc1N. The molecule has 2 aromatic carbocycles. The van der Waals surface area contributed by atoms with Gasteiger partial charge in [0.25, 0.3) is 5.91 Å². The summed E-state index contributed by atoms with van der Waals surface area (Å²) in [7, 11) is 1.58. The van der Waals surface area contributed by atoms with Crippen LogP contribution in [-0.2, 0) is 6.54 Å². The number of nitrogen functional groups attached to an aromatic ring is 1. The second-order valence-corrected chi connectivity index (χ2v) is 7.39. The molecule has 2 heterocycles. The third-order valence-electron chi connectivity index (χ3n) is 5.44. The van der Waals surface area contributed by atoms with E-state index in [0.29, 0.717) is 50.1 Å². The Morgan fingerprint density at radius 2 is 1.78 bits per heavy atom. The van der Waals surface area contributed by atoms with Crippen molar-refractivity contribution in [3.05, 3.63) is 71.7 Å². The molecule has 1 aliphatic heterocycles. The van der Waals surface area contributed by atoms with Gasteiger partial charge in [-0.3, -0.25) is 4.79 Å². The van der Waals surface area contributed by atoms with Gasteiger partial charge in [0.05, 0.1) is 18.4 Å². The van der Waals surface area contributed by atoms with Gasteiger partial charge in [0.1, 0.15) is 17.4 Å². The van der Waals surface area contributed by atoms with E-state index in [9.17, 15) is 9.18 Å². The molecule has 0 saturated carbocycles. The van der Waals surface area contributed by atoms with Crippen LogP contribution in [0.3, 0.4) is 0 Å². The highest BCUT2D eigenvalue weighted by Crippen LogP contribution is 2.22. The predicted octanol–water partition coefficient (Wildman–Crippen LogP) is 2.46. The second-order valence-electron chi connectivity index (χ2n) is 7.39. The number of piperazine rings is 1. The number of hydrogen-bond donors (Lipinski definition) is 2. The van der Waals surface area contributed by atoms with Crippen LogP contribution >= 0.6 is 0 Å². The quantitative estimate of drug-likeness (QED) is 0.613. The third-order valence-corrected chi connectivity index (χ3v) is 5.44. The summed E-state index contributed by atoms with van der Waals surface area (Å²) in [6.07, 6.45) is 1.44. The number of methoxy groups -OCH3 is 1. The Bertz CT molecular complexity index is 1100. The molecule has 32 heavy (non-hydrogen) atoms. The van der Waals surface area contributed by atoms with Crippen LogP contribution < -0.4 is 25.6 Å². The van der Waals surface area contributed by atoms with E-state index in [1.54, 1.807) is 19.2 Å². The maximum Gasteiger partial charge on any atom is 0.256 e. The molecule has 0 bridgehead atoms. The fraction of sp³-hybridized carbons (Fsp3) is 0.261. The molecule has 166 valence electrons. The smallest absolute Gasteiger partial charge is 0.256 e. The first kappa shape index (κ1) is 21.4. The zero-order valence-electron chi connectivity index (χ0n) is 17.8. The summed E-state index contributed by atoms with van der Waals surface area (Å²) in [5, 5.41) is 2.82. The van der Waals surface area contributed by atoms with Crippen LogP contribution in [0.1, 0.15) is 15.9 Å². The fourth-order valence-corrected chi connectivity index (χ4v) is 3.69. The van der Waals surface area contributed by atoms with Crippen molar-refractivity contribution in [1.82, 2.24) is 15.3 Å². The van der Waals surface area contributed by atoms with Gasteiger partial charge < -0.3 is 25.6 Å². The average Bonchev–Trinajstić information content (AvgIpc) is 2.83. The lowest BCUT2D eigenvalue weighted by molar-refractivity contribution is 0.0951. The first-order valence-corrected chi connectivity index (χ1v) is 10.3. The van der Waals surface area contributed by atoms with Crippen molar-refractivity contribution >= 4 is 23.4 Å². The molecule has 1 aliphatic rings. The lowest BCUT2D eigenvalue weighted by atomic mass is 10.2. The van der Waals surface area contributed by atoms with Gasteiger partial charge >= 0.3 is 0 Å². The Morgan fingerprint density at radius 3 is 2.50 bits per heavy atom. The molecule has 3 N–H and O–H groups in total. The summed E-state index contributed by atoms with van der Waals surface area (Å²) in [5.41, 5.74) is 7.73. The number of carbonyl (C=O) groups is 1. The first-order chi connectivity index (χ1) is 15.6. The van der Waals surface area contributed by atoms with Gasteiger partial charge in [0, 0.05) is 44.5 Å². The number of amides is 1. The number of hydrogen-bond acceptors (Lipinski definition) is 7. The summed E-state index contributed by atoms with van der Waals surface area (Å²) in [4.78, 5) is 25.2. The molecule has 3 aromatic rings. The minimum absolute atomic E-state index is 0.115. The van der Waals surface area contributed by atoms with E-state index in [-0.39, 0.29) is 23.1 Å². The first-order valence-electron chi connectivity index (χ1n) is 10.3. The van der Waals surface area contributed by atoms with Gasteiger partial charge in [-0.25, -0.2) is 9.37 Å². The summed E-state index contributed by atoms with van der Waals surface area (Å²) in [5.74, 6) is 0.678. The maximum atomic E-state index is 14.0. The Labute approximate surface area is 185 Å². The van der Waals surface area contributed by atoms with Gasteiger partial charge in [0.15, 0.2) is 0 Å². The minimum Gasteiger partial charge on any atom is -0.496 e. The van der Waals surface area contributed by atoms with Gasteiger partial charge in [-0.05, 0) is 18.2 Å². The van der Waals surface area contributed by atoms with E-state index in [4.69, 9.17) is 10.5 Å². The van der Waals surface area contributed by atoms with Crippen molar-refractivity contribution in [2.75, 3.05) is 48.8 Å². The highest BCUT2D eigenvalue weighted by Gasteiger charge is 2.22. The van der Waals surface area contributed by atoms with Crippen molar-refractivity contribution in [1.29, 1.82) is 0 Å². The molecule has 8 nitrogen and oxygen atoms in total. The average molecular weight is 436 g/mol. The molecule has 0 unspecified atom stereocenters. The van der Waals surface area contributed by atoms with Gasteiger partial charge in [-0.15, -0.1) is 0 Å². The van der Waals surface area contributed by atoms with Crippen LogP contribution in [0.2, 0.25) is 0 Å². The Morgan fingerprint density at radius 1 is 1.09 bits per heavy atom. The zero-order valence-corrected chi connectivity index (χ0v) is 17.8. The minimum atomic E-state index is -0.357. The van der Waals surface area contributed by atoms with Crippen LogP contribution in [0.15, 0.2) is 54.7 Å². The summed E-state index contributed by atoms with van der Waals surface area (Å²) in [6.45, 7) is 2.79. The number of halogens is 1. The standard InChI is InChI=1S/C23H25FN6O2/c1-32-20-9-5-2-6-16(20)14-26-22(31)17-15-27-23(28-21(17)25)30-12-10-29(11-13-30)19-8-4-3-7-18(19)24/h2-9,15H,10-14H2,1H3,(H,26,31)(H2,25,27,28). The number of ether oxygens (including phenoxy) is 1. The zero-order chi connectivity index (χ0) is 22.5. The van der Waals surface area contributed by atoms with Crippen molar-refractivity contribution < 1.29 is 13.9 Å². The van der Waals surface area contributed by atoms with E-state index in [2.05, 4.69) is 15.3 Å². The molecule has 0 spiro atoms. The molecular formula is C23H25FN6O2. The number of anilines is 3. The number of nitrogens with two attached hydrogens (primary N) is 1. The predicted molar refractivity (Wildman–Crippen MR) is 121 cm³/mol. The Hall–Kier alpha value is -3.88. The lowest BCUT2D eigenvalue weighted by Gasteiger charge is -2.36. The number of nitrogens with zero attached hydrogens (tertiary/aromatic N) is 4. The Kier molecular flexibility index (Phi) is 6.34. The number of rotatable bonds is 6. The van der Waals surface area contributed by atoms with Gasteiger partial charge in [-0.1, -0.05) is 30.3 Å². The van der Waals surface area contributed by atoms with E-state index in [0.717, 1.165) is 5.56 Å². The highest BCUT2D eigenvalue weighted by atomic mass is 19.1. The van der Waals surface area contributed by atoms with Crippen LogP contribution in [0.5, 0.6) is 5.75 Å². The monoisotopic (exact) mass is 436 g/mol. The summed E-state index contributed by atoms with van der Waals surface area (Å²) < 4.78 is 19.3. The molecule has 0 aliphatic carbocycles. The molecule has 0 radical (unpaired) electrons. The third kappa shape index (κ3) is 4.56. The molecule has 9 heteroatoms. The van der Waals surface area contributed by atoms with E-state index in [1.165, 1.54) is 12.3 Å². The van der Waals surface area contributed by atoms with Gasteiger partial charge in [-0.2, -0.15) is 4.98 Å². The number of nitrogens with one attached hydrogen (secondary N) is 1. The molecule has 1 saturated heterocycles. The summed E-state index contributed by atoms with van der Waals surface area (Å²) in [6, 6.07) is 14.2. The van der Waals surface area contributed by atoms with Crippen molar-refractivity contribution in [2.45, 2.75) is 6.54 Å². The molecule has 1 fully saturated rings. The topological polar surface area (TPSA) is 96.6 Å². The van der Waals surface area contributed by atoms with Crippen LogP contribution in [-0.4, -0.2) is 49.2 Å². The van der Waals surface area contributed by atoms with E-state index < -0.39 is 0 Å². The van der Waals surface area contributed by atoms with Crippen LogP contribution in [0.25, 0.3) is 0 Å². The molecular weight excluding hydrogens is 411 g/mol. The summed E-state index contributed by atoms with van der Waals surface area (Å²) >= 11 is 0. The van der Waals surface area contributed by atoms with Crippen molar-refractivity contribution in [3.8, 4) is 5.75 Å². The van der Waals surface area contributed by atoms with Crippen molar-refractivity contribution in [3.63, 3.8) is 0 Å². The fourth-order valence-electron chi connectivity index (χ4n) is 3.69. The Balaban J connectivity index is 1.38. The van der Waals surface area contributed by atoms with Crippen molar-refractivity contribution in [2.24, 2.45) is 0 Å². The van der Waals surface area contributed by atoms with E-state index in [1.807, 2.05) is 40.1 Å². The normalized spacial score (nSPS) is 13.7. The molecule has 0 atom stereocenters.